The van der Waals surface area contributed by atoms with Gasteiger partial charge in [-0.05, 0) is 91.8 Å². The van der Waals surface area contributed by atoms with Crippen LogP contribution in [0.5, 0.6) is 5.75 Å². The second kappa shape index (κ2) is 20.3. The number of likely N-dealkylation sites (tertiary alicyclic amines) is 1. The first-order valence-corrected chi connectivity index (χ1v) is 17.7. The normalized spacial score (nSPS) is 16.7. The van der Waals surface area contributed by atoms with Crippen molar-refractivity contribution in [2.75, 3.05) is 38.9 Å². The molecular formula is C39H50N2O6S. The molecule has 9 heteroatoms. The van der Waals surface area contributed by atoms with Gasteiger partial charge in [0.1, 0.15) is 17.9 Å². The lowest BCUT2D eigenvalue weighted by atomic mass is 9.93. The molecule has 3 unspecified atom stereocenters. The summed E-state index contributed by atoms with van der Waals surface area (Å²) in [5.74, 6) is 1.02. The van der Waals surface area contributed by atoms with Crippen LogP contribution in [0.1, 0.15) is 48.2 Å². The molecule has 2 N–H and O–H groups in total. The number of benzene rings is 3. The Hall–Kier alpha value is -4.05. The van der Waals surface area contributed by atoms with Crippen LogP contribution < -0.4 is 10.1 Å². The van der Waals surface area contributed by atoms with Crippen molar-refractivity contribution in [2.45, 2.75) is 58.3 Å². The van der Waals surface area contributed by atoms with Crippen LogP contribution in [0.25, 0.3) is 11.1 Å². The van der Waals surface area contributed by atoms with Crippen LogP contribution in [0.3, 0.4) is 0 Å². The van der Waals surface area contributed by atoms with Crippen LogP contribution in [0.2, 0.25) is 0 Å². The monoisotopic (exact) mass is 674 g/mol. The van der Waals surface area contributed by atoms with E-state index in [9.17, 15) is 14.7 Å². The quantitative estimate of drug-likeness (QED) is 0.120. The Morgan fingerprint density at radius 3 is 2.48 bits per heavy atom. The molecule has 1 aliphatic heterocycles. The number of carbonyl (C=O) groups is 2. The summed E-state index contributed by atoms with van der Waals surface area (Å²) >= 11 is 1.56. The van der Waals surface area contributed by atoms with Crippen LogP contribution >= 0.6 is 11.8 Å². The summed E-state index contributed by atoms with van der Waals surface area (Å²) in [6, 6.07) is 22.9. The number of carboxylic acids is 1. The molecule has 0 aromatic heterocycles. The maximum Gasteiger partial charge on any atom is 0.326 e. The Morgan fingerprint density at radius 1 is 1.10 bits per heavy atom. The van der Waals surface area contributed by atoms with Crippen molar-refractivity contribution in [1.82, 2.24) is 10.2 Å². The Balaban J connectivity index is 0.000000694. The molecule has 1 aliphatic rings. The molecule has 1 saturated heterocycles. The average Bonchev–Trinajstić information content (AvgIpc) is 3.44. The lowest BCUT2D eigenvalue weighted by molar-refractivity contribution is -0.139. The van der Waals surface area contributed by atoms with Crippen LogP contribution in [0.15, 0.2) is 97.3 Å². The number of aryl methyl sites for hydroxylation is 1. The molecule has 1 fully saturated rings. The molecule has 0 radical (unpaired) electrons. The highest BCUT2D eigenvalue weighted by atomic mass is 32.2. The van der Waals surface area contributed by atoms with Gasteiger partial charge in [-0.25, -0.2) is 4.79 Å². The van der Waals surface area contributed by atoms with Crippen LogP contribution in [0, 0.1) is 6.92 Å². The minimum atomic E-state index is -1.03. The summed E-state index contributed by atoms with van der Waals surface area (Å²) in [7, 11) is 1.72. The molecule has 0 spiro atoms. The molecular weight excluding hydrogens is 625 g/mol. The summed E-state index contributed by atoms with van der Waals surface area (Å²) in [6.45, 7) is 12.2. The number of amides is 1. The Morgan fingerprint density at radius 2 is 1.83 bits per heavy atom. The van der Waals surface area contributed by atoms with Crippen molar-refractivity contribution in [3.8, 4) is 16.9 Å². The molecule has 0 saturated carbocycles. The van der Waals surface area contributed by atoms with Crippen LogP contribution in [0.4, 0.5) is 0 Å². The van der Waals surface area contributed by atoms with E-state index in [4.69, 9.17) is 14.2 Å². The van der Waals surface area contributed by atoms with Gasteiger partial charge in [-0.15, -0.1) is 0 Å². The van der Waals surface area contributed by atoms with Gasteiger partial charge in [-0.1, -0.05) is 61.2 Å². The summed E-state index contributed by atoms with van der Waals surface area (Å²) in [6.07, 6.45) is 6.75. The fraction of sp³-hybridized carbons (Fsp3) is 0.385. The van der Waals surface area contributed by atoms with E-state index in [-0.39, 0.29) is 18.1 Å². The van der Waals surface area contributed by atoms with Gasteiger partial charge in [0.05, 0.1) is 19.0 Å². The van der Waals surface area contributed by atoms with Crippen molar-refractivity contribution in [2.24, 2.45) is 0 Å². The zero-order chi connectivity index (χ0) is 34.9. The third-order valence-electron chi connectivity index (χ3n) is 7.98. The number of allylic oxidation sites excluding steroid dienone is 3. The topological polar surface area (TPSA) is 97.3 Å². The van der Waals surface area contributed by atoms with Gasteiger partial charge in [0.15, 0.2) is 0 Å². The maximum atomic E-state index is 13.4. The molecule has 3 aromatic carbocycles. The molecule has 48 heavy (non-hydrogen) atoms. The van der Waals surface area contributed by atoms with Gasteiger partial charge in [0.2, 0.25) is 0 Å². The number of hydrogen-bond acceptors (Lipinski definition) is 7. The van der Waals surface area contributed by atoms with E-state index in [0.717, 1.165) is 53.3 Å². The van der Waals surface area contributed by atoms with Crippen LogP contribution in [-0.4, -0.2) is 78.9 Å². The highest BCUT2D eigenvalue weighted by molar-refractivity contribution is 7.98. The molecule has 258 valence electrons. The number of nitrogens with one attached hydrogen (secondary N) is 1. The summed E-state index contributed by atoms with van der Waals surface area (Å²) < 4.78 is 16.9. The van der Waals surface area contributed by atoms with Crippen molar-refractivity contribution in [3.05, 3.63) is 114 Å². The fourth-order valence-electron chi connectivity index (χ4n) is 5.67. The van der Waals surface area contributed by atoms with E-state index in [1.807, 2.05) is 99.8 Å². The van der Waals surface area contributed by atoms with Gasteiger partial charge in [0, 0.05) is 38.2 Å². The summed E-state index contributed by atoms with van der Waals surface area (Å²) in [4.78, 5) is 27.6. The fourth-order valence-corrected chi connectivity index (χ4v) is 6.14. The first kappa shape index (κ1) is 38.4. The second-order valence-electron chi connectivity index (χ2n) is 11.6. The predicted octanol–water partition coefficient (Wildman–Crippen LogP) is 7.38. The molecule has 0 bridgehead atoms. The minimum Gasteiger partial charge on any atom is -0.499 e. The van der Waals surface area contributed by atoms with E-state index in [0.29, 0.717) is 30.9 Å². The number of ether oxygens (including phenoxy) is 3. The SMILES string of the molecule is C=C/C=C(\C)OCC.COCC1CC(Oc2ccccc2)CN1Cc1ccc(C(=O)NC(CCSC)C(=O)O)c(-c2ccccc2C)c1. The minimum absolute atomic E-state index is 0.0534. The lowest BCUT2D eigenvalue weighted by Gasteiger charge is -2.24. The molecule has 4 rings (SSSR count). The largest absolute Gasteiger partial charge is 0.499 e. The number of carboxylic acid groups (broad SMARTS) is 1. The Kier molecular flexibility index (Phi) is 16.3. The Bertz CT molecular complexity index is 1490. The van der Waals surface area contributed by atoms with Crippen molar-refractivity contribution < 1.29 is 28.9 Å². The zero-order valence-electron chi connectivity index (χ0n) is 28.8. The van der Waals surface area contributed by atoms with Crippen molar-refractivity contribution >= 4 is 23.6 Å². The van der Waals surface area contributed by atoms with E-state index in [1.54, 1.807) is 24.9 Å². The van der Waals surface area contributed by atoms with Gasteiger partial charge in [0.25, 0.3) is 5.91 Å². The summed E-state index contributed by atoms with van der Waals surface area (Å²) in [5.41, 5.74) is 4.31. The lowest BCUT2D eigenvalue weighted by Crippen LogP contribution is -2.41. The van der Waals surface area contributed by atoms with Crippen molar-refractivity contribution in [3.63, 3.8) is 0 Å². The van der Waals surface area contributed by atoms with Crippen molar-refractivity contribution in [1.29, 1.82) is 0 Å². The highest BCUT2D eigenvalue weighted by Gasteiger charge is 2.33. The number of para-hydroxylation sites is 1. The number of nitrogens with zero attached hydrogens (tertiary/aromatic N) is 1. The molecule has 3 aromatic rings. The van der Waals surface area contributed by atoms with Gasteiger partial charge in [-0.2, -0.15) is 11.8 Å². The summed E-state index contributed by atoms with van der Waals surface area (Å²) in [5, 5.41) is 12.4. The molecule has 3 atom stereocenters. The number of aliphatic carboxylic acids is 1. The first-order chi connectivity index (χ1) is 23.2. The van der Waals surface area contributed by atoms with E-state index < -0.39 is 12.0 Å². The van der Waals surface area contributed by atoms with Crippen LogP contribution in [-0.2, 0) is 20.8 Å². The first-order valence-electron chi connectivity index (χ1n) is 16.3. The highest BCUT2D eigenvalue weighted by Crippen LogP contribution is 2.31. The number of rotatable bonds is 16. The van der Waals surface area contributed by atoms with E-state index in [1.165, 1.54) is 0 Å². The third-order valence-corrected chi connectivity index (χ3v) is 8.63. The maximum absolute atomic E-state index is 13.4. The zero-order valence-corrected chi connectivity index (χ0v) is 29.6. The number of hydrogen-bond donors (Lipinski definition) is 2. The molecule has 8 nitrogen and oxygen atoms in total. The number of carbonyl (C=O) groups excluding carboxylic acids is 1. The standard InChI is InChI=1S/C32H38N2O5S.C7H12O/c1-22-9-7-8-12-27(22)29-17-23(13-14-28(29)31(35)33-30(32(36)37)15-16-40-3)19-34-20-26(18-24(34)21-38-2)39-25-10-5-4-6-11-25;1-4-6-7(3)8-5-2/h4-14,17,24,26,30H,15-16,18-21H2,1-3H3,(H,33,35)(H,36,37);4,6H,1,5H2,2-3H3/b;7-6+. The number of thioether (sulfide) groups is 1. The predicted molar refractivity (Wildman–Crippen MR) is 196 cm³/mol. The Labute approximate surface area is 290 Å². The van der Waals surface area contributed by atoms with Gasteiger partial charge >= 0.3 is 5.97 Å². The third kappa shape index (κ3) is 11.9. The molecule has 1 amide bonds. The molecule has 0 aliphatic carbocycles. The smallest absolute Gasteiger partial charge is 0.326 e. The average molecular weight is 675 g/mol. The second-order valence-corrected chi connectivity index (χ2v) is 12.6. The van der Waals surface area contributed by atoms with E-state index in [2.05, 4.69) is 22.9 Å². The molecule has 1 heterocycles. The van der Waals surface area contributed by atoms with Gasteiger partial charge in [-0.3, -0.25) is 9.69 Å². The van der Waals surface area contributed by atoms with Gasteiger partial charge < -0.3 is 24.6 Å². The number of methoxy groups -OCH3 is 1. The van der Waals surface area contributed by atoms with E-state index >= 15 is 0 Å².